The zero-order chi connectivity index (χ0) is 10.4. The number of hydrogen-bond donors (Lipinski definition) is 0. The van der Waals surface area contributed by atoms with Crippen LogP contribution >= 0.6 is 15.9 Å². The summed E-state index contributed by atoms with van der Waals surface area (Å²) in [4.78, 5) is 11.4. The molecule has 0 saturated carbocycles. The van der Waals surface area contributed by atoms with E-state index in [2.05, 4.69) is 27.8 Å². The van der Waals surface area contributed by atoms with Gasteiger partial charge in [-0.3, -0.25) is 4.79 Å². The Kier molecular flexibility index (Phi) is 4.42. The Balaban J connectivity index is 2.72. The molecule has 0 aliphatic rings. The fourth-order valence-electron chi connectivity index (χ4n) is 0.941. The molecule has 0 aromatic heterocycles. The van der Waals surface area contributed by atoms with Crippen molar-refractivity contribution in [3.63, 3.8) is 0 Å². The molecule has 1 nitrogen and oxygen atoms in total. The first-order valence-corrected chi connectivity index (χ1v) is 5.32. The van der Waals surface area contributed by atoms with E-state index < -0.39 is 0 Å². The topological polar surface area (TPSA) is 17.1 Å². The largest absolute Gasteiger partial charge is 0.279 e. The summed E-state index contributed by atoms with van der Waals surface area (Å²) >= 11 is 3.31. The van der Waals surface area contributed by atoms with Crippen molar-refractivity contribution in [2.45, 2.75) is 19.8 Å². The van der Waals surface area contributed by atoms with Crippen molar-refractivity contribution >= 4 is 21.7 Å². The minimum Gasteiger partial charge on any atom is -0.279 e. The minimum atomic E-state index is -0.106. The molecular weight excluding hydrogens is 240 g/mol. The van der Waals surface area contributed by atoms with Crippen LogP contribution in [0.5, 0.6) is 0 Å². The van der Waals surface area contributed by atoms with Gasteiger partial charge in [-0.1, -0.05) is 28.8 Å². The van der Waals surface area contributed by atoms with Gasteiger partial charge in [-0.15, -0.1) is 0 Å². The summed E-state index contributed by atoms with van der Waals surface area (Å²) < 4.78 is 0.968. The molecule has 0 unspecified atom stereocenters. The van der Waals surface area contributed by atoms with E-state index in [-0.39, 0.29) is 5.78 Å². The fourth-order valence-corrected chi connectivity index (χ4v) is 1.21. The number of rotatable bonds is 2. The maximum atomic E-state index is 11.4. The summed E-state index contributed by atoms with van der Waals surface area (Å²) in [5.41, 5.74) is 0.650. The molecule has 0 atom stereocenters. The van der Waals surface area contributed by atoms with Crippen molar-refractivity contribution in [3.05, 3.63) is 34.3 Å². The maximum Gasteiger partial charge on any atom is 0.235 e. The Morgan fingerprint density at radius 2 is 2.00 bits per heavy atom. The molecule has 0 aliphatic heterocycles. The van der Waals surface area contributed by atoms with E-state index in [9.17, 15) is 4.79 Å². The summed E-state index contributed by atoms with van der Waals surface area (Å²) in [6.07, 6.45) is 1.77. The van der Waals surface area contributed by atoms with Crippen LogP contribution in [-0.4, -0.2) is 5.78 Å². The number of unbranched alkanes of at least 4 members (excludes halogenated alkanes) is 1. The maximum absolute atomic E-state index is 11.4. The van der Waals surface area contributed by atoms with Crippen molar-refractivity contribution in [1.29, 1.82) is 0 Å². The van der Waals surface area contributed by atoms with Gasteiger partial charge in [0.2, 0.25) is 5.78 Å². The molecule has 0 radical (unpaired) electrons. The van der Waals surface area contributed by atoms with Gasteiger partial charge < -0.3 is 0 Å². The highest BCUT2D eigenvalue weighted by molar-refractivity contribution is 9.10. The fraction of sp³-hybridized carbons (Fsp3) is 0.250. The van der Waals surface area contributed by atoms with Crippen LogP contribution in [0.15, 0.2) is 28.7 Å². The lowest BCUT2D eigenvalue weighted by molar-refractivity contribution is 0.105. The summed E-state index contributed by atoms with van der Waals surface area (Å²) in [6, 6.07) is 7.23. The highest BCUT2D eigenvalue weighted by Gasteiger charge is 1.99. The standard InChI is InChI=1S/C12H11BrO/c1-2-3-4-5-12(14)10-6-8-11(13)9-7-10/h6-9H,2-3H2,1H3. The van der Waals surface area contributed by atoms with Crippen molar-refractivity contribution in [2.75, 3.05) is 0 Å². The number of hydrogen-bond acceptors (Lipinski definition) is 1. The van der Waals surface area contributed by atoms with Crippen LogP contribution in [0, 0.1) is 11.8 Å². The molecule has 0 spiro atoms. The minimum absolute atomic E-state index is 0.106. The summed E-state index contributed by atoms with van der Waals surface area (Å²) in [5.74, 6) is 5.35. The SMILES string of the molecule is CCCC#CC(=O)c1ccc(Br)cc1. The van der Waals surface area contributed by atoms with Crippen LogP contribution < -0.4 is 0 Å². The molecule has 14 heavy (non-hydrogen) atoms. The van der Waals surface area contributed by atoms with Gasteiger partial charge in [-0.05, 0) is 36.6 Å². The second-order valence-corrected chi connectivity index (χ2v) is 3.80. The molecule has 1 rings (SSSR count). The van der Waals surface area contributed by atoms with Crippen LogP contribution in [-0.2, 0) is 0 Å². The number of Topliss-reactive ketones (excluding diaryl/α,β-unsaturated/α-hetero) is 1. The van der Waals surface area contributed by atoms with Crippen LogP contribution in [0.3, 0.4) is 0 Å². The van der Waals surface area contributed by atoms with Crippen molar-refractivity contribution in [3.8, 4) is 11.8 Å². The molecule has 0 saturated heterocycles. The van der Waals surface area contributed by atoms with Gasteiger partial charge >= 0.3 is 0 Å². The van der Waals surface area contributed by atoms with Gasteiger partial charge in [0.1, 0.15) is 0 Å². The van der Waals surface area contributed by atoms with E-state index in [4.69, 9.17) is 0 Å². The average Bonchev–Trinajstić information content (AvgIpc) is 2.19. The molecule has 0 amide bonds. The molecule has 0 aliphatic carbocycles. The Morgan fingerprint density at radius 3 is 2.57 bits per heavy atom. The molecule has 0 bridgehead atoms. The molecule has 0 N–H and O–H groups in total. The lowest BCUT2D eigenvalue weighted by atomic mass is 10.1. The third-order valence-electron chi connectivity index (χ3n) is 1.68. The molecule has 72 valence electrons. The lowest BCUT2D eigenvalue weighted by Crippen LogP contribution is -1.93. The van der Waals surface area contributed by atoms with E-state index in [0.717, 1.165) is 17.3 Å². The second kappa shape index (κ2) is 5.62. The third kappa shape index (κ3) is 3.35. The summed E-state index contributed by atoms with van der Waals surface area (Å²) in [5, 5.41) is 0. The molecular formula is C12H11BrO. The predicted molar refractivity (Wildman–Crippen MR) is 61.2 cm³/mol. The monoisotopic (exact) mass is 250 g/mol. The Bertz CT molecular complexity index is 368. The number of halogens is 1. The number of benzene rings is 1. The average molecular weight is 251 g/mol. The highest BCUT2D eigenvalue weighted by Crippen LogP contribution is 2.10. The van der Waals surface area contributed by atoms with Gasteiger partial charge in [0.05, 0.1) is 0 Å². The predicted octanol–water partition coefficient (Wildman–Crippen LogP) is 3.44. The van der Waals surface area contributed by atoms with E-state index in [1.54, 1.807) is 12.1 Å². The Morgan fingerprint density at radius 1 is 1.36 bits per heavy atom. The van der Waals surface area contributed by atoms with Crippen LogP contribution in [0.2, 0.25) is 0 Å². The van der Waals surface area contributed by atoms with Crippen LogP contribution in [0.4, 0.5) is 0 Å². The van der Waals surface area contributed by atoms with Crippen LogP contribution in [0.25, 0.3) is 0 Å². The second-order valence-electron chi connectivity index (χ2n) is 2.89. The number of carbonyl (C=O) groups is 1. The molecule has 0 fully saturated rings. The zero-order valence-electron chi connectivity index (χ0n) is 8.01. The normalized spacial score (nSPS) is 9.00. The van der Waals surface area contributed by atoms with Gasteiger partial charge in [0.25, 0.3) is 0 Å². The third-order valence-corrected chi connectivity index (χ3v) is 2.21. The Labute approximate surface area is 92.6 Å². The smallest absolute Gasteiger partial charge is 0.235 e. The lowest BCUT2D eigenvalue weighted by Gasteiger charge is -1.93. The zero-order valence-corrected chi connectivity index (χ0v) is 9.60. The number of carbonyl (C=O) groups excluding carboxylic acids is 1. The summed E-state index contributed by atoms with van der Waals surface area (Å²) in [7, 11) is 0. The van der Waals surface area contributed by atoms with E-state index in [1.807, 2.05) is 19.1 Å². The first kappa shape index (κ1) is 11.0. The van der Waals surface area contributed by atoms with Crippen molar-refractivity contribution in [1.82, 2.24) is 0 Å². The van der Waals surface area contributed by atoms with Crippen molar-refractivity contribution < 1.29 is 4.79 Å². The first-order chi connectivity index (χ1) is 6.74. The Hall–Kier alpha value is -1.07. The molecule has 2 heteroatoms. The quantitative estimate of drug-likeness (QED) is 0.447. The molecule has 0 heterocycles. The first-order valence-electron chi connectivity index (χ1n) is 4.53. The summed E-state index contributed by atoms with van der Waals surface area (Å²) in [6.45, 7) is 2.04. The van der Waals surface area contributed by atoms with E-state index in [0.29, 0.717) is 5.56 Å². The van der Waals surface area contributed by atoms with E-state index in [1.165, 1.54) is 0 Å². The van der Waals surface area contributed by atoms with Gasteiger partial charge in [-0.2, -0.15) is 0 Å². The molecule has 1 aromatic carbocycles. The van der Waals surface area contributed by atoms with Gasteiger partial charge in [0, 0.05) is 16.5 Å². The van der Waals surface area contributed by atoms with Crippen molar-refractivity contribution in [2.24, 2.45) is 0 Å². The van der Waals surface area contributed by atoms with Crippen LogP contribution in [0.1, 0.15) is 30.1 Å². The highest BCUT2D eigenvalue weighted by atomic mass is 79.9. The van der Waals surface area contributed by atoms with Gasteiger partial charge in [0.15, 0.2) is 0 Å². The van der Waals surface area contributed by atoms with E-state index >= 15 is 0 Å². The number of ketones is 1. The van der Waals surface area contributed by atoms with Gasteiger partial charge in [-0.25, -0.2) is 0 Å². The molecule has 1 aromatic rings.